The second-order valence-corrected chi connectivity index (χ2v) is 7.68. The fourth-order valence-corrected chi connectivity index (χ4v) is 3.48. The van der Waals surface area contributed by atoms with Gasteiger partial charge in [0.05, 0.1) is 17.4 Å². The highest BCUT2D eigenvalue weighted by atomic mass is 19.4. The van der Waals surface area contributed by atoms with E-state index in [0.717, 1.165) is 31.6 Å². The lowest BCUT2D eigenvalue weighted by molar-refractivity contribution is -0.0688. The lowest BCUT2D eigenvalue weighted by Gasteiger charge is -2.30. The monoisotopic (exact) mass is 408 g/mol. The molecule has 1 aromatic carbocycles. The summed E-state index contributed by atoms with van der Waals surface area (Å²) in [4.78, 5) is 6.42. The van der Waals surface area contributed by atoms with Crippen molar-refractivity contribution in [2.45, 2.75) is 38.1 Å². The van der Waals surface area contributed by atoms with E-state index in [-0.39, 0.29) is 24.1 Å². The molecule has 29 heavy (non-hydrogen) atoms. The largest absolute Gasteiger partial charge is 0.417 e. The number of aliphatic hydroxyl groups excluding tert-OH is 1. The molecule has 3 rings (SSSR count). The molecule has 0 radical (unpaired) electrons. The van der Waals surface area contributed by atoms with Gasteiger partial charge in [0.1, 0.15) is 5.82 Å². The highest BCUT2D eigenvalue weighted by Gasteiger charge is 2.35. The zero-order valence-electron chi connectivity index (χ0n) is 16.7. The average Bonchev–Trinajstić information content (AvgIpc) is 2.66. The normalized spacial score (nSPS) is 17.3. The minimum Gasteiger partial charge on any atom is -0.392 e. The summed E-state index contributed by atoms with van der Waals surface area (Å²) in [7, 11) is 2.08. The van der Waals surface area contributed by atoms with Gasteiger partial charge < -0.3 is 20.6 Å². The van der Waals surface area contributed by atoms with E-state index in [1.165, 1.54) is 0 Å². The fourth-order valence-electron chi connectivity index (χ4n) is 3.48. The van der Waals surface area contributed by atoms with Crippen molar-refractivity contribution in [2.24, 2.45) is 0 Å². The Kier molecular flexibility index (Phi) is 6.33. The van der Waals surface area contributed by atoms with Crippen LogP contribution < -0.4 is 10.6 Å². The van der Waals surface area contributed by atoms with Gasteiger partial charge in [0, 0.05) is 29.0 Å². The number of rotatable bonds is 6. The van der Waals surface area contributed by atoms with E-state index >= 15 is 0 Å². The smallest absolute Gasteiger partial charge is 0.392 e. The van der Waals surface area contributed by atoms with Crippen LogP contribution in [0, 0.1) is 0 Å². The van der Waals surface area contributed by atoms with E-state index in [0.29, 0.717) is 10.8 Å². The van der Waals surface area contributed by atoms with Gasteiger partial charge in [-0.2, -0.15) is 13.2 Å². The number of aliphatic hydroxyl groups is 1. The molecule has 0 spiro atoms. The lowest BCUT2D eigenvalue weighted by Crippen LogP contribution is -2.36. The predicted octanol–water partition coefficient (Wildman–Crippen LogP) is 4.11. The van der Waals surface area contributed by atoms with Crippen LogP contribution in [0.2, 0.25) is 0 Å². The van der Waals surface area contributed by atoms with Gasteiger partial charge in [-0.15, -0.1) is 0 Å². The maximum absolute atomic E-state index is 13.4. The molecule has 1 saturated heterocycles. The van der Waals surface area contributed by atoms with Crippen LogP contribution in [-0.2, 0) is 0 Å². The highest BCUT2D eigenvalue weighted by molar-refractivity contribution is 6.01. The molecule has 8 heteroatoms. The maximum atomic E-state index is 13.4. The number of benzene rings is 1. The molecule has 0 saturated carbocycles. The summed E-state index contributed by atoms with van der Waals surface area (Å²) >= 11 is 0. The first-order valence-corrected chi connectivity index (χ1v) is 9.72. The molecule has 0 bridgehead atoms. The lowest BCUT2D eigenvalue weighted by atomic mass is 10.0. The first-order chi connectivity index (χ1) is 13.6. The van der Waals surface area contributed by atoms with Gasteiger partial charge in [-0.05, 0) is 52.0 Å². The van der Waals surface area contributed by atoms with Crippen molar-refractivity contribution in [2.75, 3.05) is 37.3 Å². The number of halogens is 3. The molecule has 1 aromatic heterocycles. The van der Waals surface area contributed by atoms with Gasteiger partial charge in [-0.3, -0.25) is 0 Å². The fraction of sp³-hybridized carbons (Fsp3) is 0.476. The molecular formula is C21H27F3N4O. The number of hydrogen-bond donors (Lipinski definition) is 3. The highest BCUT2D eigenvalue weighted by Crippen LogP contribution is 2.38. The van der Waals surface area contributed by atoms with E-state index < -0.39 is 17.9 Å². The third-order valence-corrected chi connectivity index (χ3v) is 5.16. The van der Waals surface area contributed by atoms with Crippen LogP contribution in [0.3, 0.4) is 0 Å². The van der Waals surface area contributed by atoms with Crippen molar-refractivity contribution in [3.63, 3.8) is 0 Å². The summed E-state index contributed by atoms with van der Waals surface area (Å²) in [6.07, 6.45) is -3.31. The molecule has 2 heterocycles. The topological polar surface area (TPSA) is 60.4 Å². The summed E-state index contributed by atoms with van der Waals surface area (Å²) in [6.45, 7) is 6.97. The number of anilines is 2. The molecule has 1 aliphatic rings. The minimum atomic E-state index is -4.58. The van der Waals surface area contributed by atoms with Gasteiger partial charge in [0.2, 0.25) is 0 Å². The zero-order valence-corrected chi connectivity index (χ0v) is 16.7. The first-order valence-electron chi connectivity index (χ1n) is 9.72. The summed E-state index contributed by atoms with van der Waals surface area (Å²) in [5.41, 5.74) is -0.412. The van der Waals surface area contributed by atoms with Crippen LogP contribution >= 0.6 is 0 Å². The first kappa shape index (κ1) is 21.4. The Hall–Kier alpha value is -2.32. The minimum absolute atomic E-state index is 0.182. The van der Waals surface area contributed by atoms with Crippen molar-refractivity contribution in [3.05, 3.63) is 36.5 Å². The summed E-state index contributed by atoms with van der Waals surface area (Å²) < 4.78 is 40.2. The van der Waals surface area contributed by atoms with E-state index in [9.17, 15) is 18.3 Å². The third kappa shape index (κ3) is 5.19. The van der Waals surface area contributed by atoms with Gasteiger partial charge in [0.25, 0.3) is 0 Å². The Bertz CT molecular complexity index is 874. The number of allylic oxidation sites excluding steroid dienone is 1. The van der Waals surface area contributed by atoms with Crippen LogP contribution in [0.25, 0.3) is 16.3 Å². The summed E-state index contributed by atoms with van der Waals surface area (Å²) in [6, 6.07) is 7.22. The van der Waals surface area contributed by atoms with E-state index in [1.807, 2.05) is 6.07 Å². The zero-order chi connectivity index (χ0) is 21.2. The van der Waals surface area contributed by atoms with E-state index in [1.54, 1.807) is 25.1 Å². The maximum Gasteiger partial charge on any atom is 0.417 e. The van der Waals surface area contributed by atoms with Crippen LogP contribution in [0.5, 0.6) is 0 Å². The van der Waals surface area contributed by atoms with Gasteiger partial charge in [-0.25, -0.2) is 4.98 Å². The number of nitrogens with zero attached hydrogens (tertiary/aromatic N) is 2. The number of aromatic nitrogens is 1. The second-order valence-electron chi connectivity index (χ2n) is 7.68. The van der Waals surface area contributed by atoms with E-state index in [4.69, 9.17) is 0 Å². The van der Waals surface area contributed by atoms with Crippen molar-refractivity contribution in [3.8, 4) is 0 Å². The number of hydrogen-bond acceptors (Lipinski definition) is 5. The van der Waals surface area contributed by atoms with Crippen molar-refractivity contribution < 1.29 is 18.3 Å². The molecule has 5 nitrogen and oxygen atoms in total. The van der Waals surface area contributed by atoms with Gasteiger partial charge in [0.15, 0.2) is 0 Å². The van der Waals surface area contributed by atoms with Crippen molar-refractivity contribution in [1.29, 1.82) is 0 Å². The second kappa shape index (κ2) is 8.59. The molecule has 0 unspecified atom stereocenters. The molecular weight excluding hydrogens is 381 g/mol. The number of nitrogens with one attached hydrogen (secondary N) is 2. The Morgan fingerprint density at radius 1 is 1.31 bits per heavy atom. The number of fused-ring (bicyclic) bond motifs is 1. The predicted molar refractivity (Wildman–Crippen MR) is 111 cm³/mol. The van der Waals surface area contributed by atoms with E-state index in [2.05, 4.69) is 34.1 Å². The van der Waals surface area contributed by atoms with Crippen molar-refractivity contribution in [1.82, 2.24) is 9.88 Å². The Morgan fingerprint density at radius 3 is 2.62 bits per heavy atom. The average molecular weight is 408 g/mol. The van der Waals surface area contributed by atoms with Gasteiger partial charge >= 0.3 is 6.18 Å². The molecule has 1 aliphatic heterocycles. The van der Waals surface area contributed by atoms with Crippen LogP contribution in [-0.4, -0.2) is 60.0 Å². The van der Waals surface area contributed by atoms with Crippen LogP contribution in [0.1, 0.15) is 25.5 Å². The third-order valence-electron chi connectivity index (χ3n) is 5.16. The Labute approximate surface area is 168 Å². The molecule has 2 aromatic rings. The van der Waals surface area contributed by atoms with Crippen LogP contribution in [0.4, 0.5) is 24.7 Å². The molecule has 1 fully saturated rings. The quantitative estimate of drug-likeness (QED) is 0.672. The molecule has 0 aliphatic carbocycles. The Morgan fingerprint density at radius 2 is 2.00 bits per heavy atom. The summed E-state index contributed by atoms with van der Waals surface area (Å²) in [5, 5.41) is 17.0. The number of pyridine rings is 1. The number of piperidine rings is 1. The van der Waals surface area contributed by atoms with Crippen molar-refractivity contribution >= 4 is 27.9 Å². The van der Waals surface area contributed by atoms with Crippen LogP contribution in [0.15, 0.2) is 30.8 Å². The molecule has 158 valence electrons. The molecule has 3 N–H and O–H groups in total. The number of likely N-dealkylation sites (tertiary alicyclic amines) is 1. The molecule has 0 amide bonds. The Balaban J connectivity index is 2.03. The molecule has 1 atom stereocenters. The number of alkyl halides is 3. The summed E-state index contributed by atoms with van der Waals surface area (Å²) in [5.74, 6) is 0.274. The van der Waals surface area contributed by atoms with Gasteiger partial charge in [-0.1, -0.05) is 18.7 Å². The SMILES string of the molecule is C=C(c1nc(NC[C@@H](C)O)cc2c(NC3CCN(C)CC3)cccc12)C(F)(F)F. The standard InChI is InChI=1S/C21H27F3N4O/c1-13(29)12-25-19-11-17-16(20(27-19)14(2)21(22,23)24)5-4-6-18(17)26-15-7-9-28(3)10-8-15/h4-6,11,13,15,26,29H,2,7-10,12H2,1,3H3,(H,25,27)/t13-/m1/s1.